The van der Waals surface area contributed by atoms with Gasteiger partial charge in [0.1, 0.15) is 29.8 Å². The Morgan fingerprint density at radius 1 is 1.03 bits per heavy atom. The number of aromatic nitrogens is 3. The SMILES string of the molecule is CC(C)N1CCN(c2cc3c(N[C@H](C)c4cccc(C(F)F)c4F)ncnc3nc2OC2CN(C)C2)CC1. The van der Waals surface area contributed by atoms with Gasteiger partial charge in [0.15, 0.2) is 5.65 Å². The number of piperazine rings is 1. The smallest absolute Gasteiger partial charge is 0.266 e. The van der Waals surface area contributed by atoms with Gasteiger partial charge in [0.25, 0.3) is 6.43 Å². The molecule has 1 N–H and O–H groups in total. The largest absolute Gasteiger partial charge is 0.470 e. The number of likely N-dealkylation sites (tertiary alicyclic amines) is 1. The Labute approximate surface area is 220 Å². The molecule has 5 rings (SSSR count). The van der Waals surface area contributed by atoms with Gasteiger partial charge < -0.3 is 15.0 Å². The quantitative estimate of drug-likeness (QED) is 0.458. The van der Waals surface area contributed by atoms with Gasteiger partial charge in [0.05, 0.1) is 17.0 Å². The van der Waals surface area contributed by atoms with E-state index >= 15 is 0 Å². The molecule has 0 bridgehead atoms. The Bertz CT molecular complexity index is 1280. The molecule has 4 heterocycles. The number of hydrogen-bond donors (Lipinski definition) is 1. The van der Waals surface area contributed by atoms with Gasteiger partial charge >= 0.3 is 0 Å². The van der Waals surface area contributed by atoms with Crippen LogP contribution in [0.15, 0.2) is 30.6 Å². The first-order valence-corrected chi connectivity index (χ1v) is 13.0. The molecule has 0 amide bonds. The van der Waals surface area contributed by atoms with Crippen molar-refractivity contribution in [2.24, 2.45) is 0 Å². The van der Waals surface area contributed by atoms with Crippen molar-refractivity contribution in [3.05, 3.63) is 47.5 Å². The lowest BCUT2D eigenvalue weighted by Crippen LogP contribution is -2.52. The van der Waals surface area contributed by atoms with Gasteiger partial charge in [-0.2, -0.15) is 4.98 Å². The summed E-state index contributed by atoms with van der Waals surface area (Å²) >= 11 is 0. The molecule has 0 saturated carbocycles. The Morgan fingerprint density at radius 3 is 2.39 bits per heavy atom. The summed E-state index contributed by atoms with van der Waals surface area (Å²) in [5.74, 6) is 0.0830. The predicted molar refractivity (Wildman–Crippen MR) is 142 cm³/mol. The topological polar surface area (TPSA) is 69.6 Å². The van der Waals surface area contributed by atoms with Crippen LogP contribution in [0.1, 0.15) is 44.4 Å². The molecule has 0 radical (unpaired) electrons. The molecule has 38 heavy (non-hydrogen) atoms. The summed E-state index contributed by atoms with van der Waals surface area (Å²) in [6.45, 7) is 11.3. The van der Waals surface area contributed by atoms with E-state index in [1.165, 1.54) is 18.5 Å². The van der Waals surface area contributed by atoms with Gasteiger partial charge in [0, 0.05) is 50.9 Å². The van der Waals surface area contributed by atoms with Crippen molar-refractivity contribution in [2.45, 2.75) is 45.4 Å². The van der Waals surface area contributed by atoms with Crippen molar-refractivity contribution in [1.29, 1.82) is 0 Å². The number of pyridine rings is 1. The van der Waals surface area contributed by atoms with E-state index in [-0.39, 0.29) is 11.7 Å². The van der Waals surface area contributed by atoms with E-state index in [0.717, 1.165) is 51.0 Å². The summed E-state index contributed by atoms with van der Waals surface area (Å²) in [4.78, 5) is 20.5. The molecule has 8 nitrogen and oxygen atoms in total. The number of anilines is 2. The lowest BCUT2D eigenvalue weighted by Gasteiger charge is -2.40. The number of hydrogen-bond acceptors (Lipinski definition) is 8. The number of halogens is 3. The second kappa shape index (κ2) is 10.9. The van der Waals surface area contributed by atoms with E-state index in [0.29, 0.717) is 28.8 Å². The molecule has 0 unspecified atom stereocenters. The molecule has 1 aromatic carbocycles. The van der Waals surface area contributed by atoms with E-state index < -0.39 is 23.8 Å². The first-order valence-electron chi connectivity index (χ1n) is 13.0. The van der Waals surface area contributed by atoms with Crippen molar-refractivity contribution >= 4 is 22.5 Å². The van der Waals surface area contributed by atoms with Gasteiger partial charge in [-0.05, 0) is 33.9 Å². The minimum Gasteiger partial charge on any atom is -0.470 e. The van der Waals surface area contributed by atoms with Crippen molar-refractivity contribution < 1.29 is 17.9 Å². The van der Waals surface area contributed by atoms with Crippen LogP contribution in [0.5, 0.6) is 5.88 Å². The van der Waals surface area contributed by atoms with Gasteiger partial charge in [-0.3, -0.25) is 9.80 Å². The first kappa shape index (κ1) is 26.4. The van der Waals surface area contributed by atoms with E-state index in [1.807, 2.05) is 13.1 Å². The summed E-state index contributed by atoms with van der Waals surface area (Å²) in [5, 5.41) is 3.86. The van der Waals surface area contributed by atoms with E-state index in [1.54, 1.807) is 6.92 Å². The van der Waals surface area contributed by atoms with Crippen LogP contribution in [0, 0.1) is 5.82 Å². The summed E-state index contributed by atoms with van der Waals surface area (Å²) < 4.78 is 47.7. The monoisotopic (exact) mass is 529 g/mol. The zero-order valence-electron chi connectivity index (χ0n) is 22.2. The van der Waals surface area contributed by atoms with Crippen molar-refractivity contribution in [3.8, 4) is 5.88 Å². The van der Waals surface area contributed by atoms with Gasteiger partial charge in [-0.1, -0.05) is 18.2 Å². The molecule has 2 saturated heterocycles. The van der Waals surface area contributed by atoms with Gasteiger partial charge in [-0.15, -0.1) is 0 Å². The Kier molecular flexibility index (Phi) is 7.58. The average molecular weight is 530 g/mol. The minimum absolute atomic E-state index is 0.0604. The molecule has 0 aliphatic carbocycles. The summed E-state index contributed by atoms with van der Waals surface area (Å²) in [5.41, 5.74) is 0.841. The molecular weight excluding hydrogens is 495 g/mol. The molecule has 1 atom stereocenters. The molecule has 11 heteroatoms. The van der Waals surface area contributed by atoms with Crippen LogP contribution in [-0.2, 0) is 0 Å². The normalized spacial score (nSPS) is 18.3. The van der Waals surface area contributed by atoms with Crippen LogP contribution < -0.4 is 15.0 Å². The van der Waals surface area contributed by atoms with E-state index in [4.69, 9.17) is 9.72 Å². The fourth-order valence-electron chi connectivity index (χ4n) is 5.10. The molecule has 2 aromatic heterocycles. The molecule has 2 aliphatic rings. The molecule has 2 fully saturated rings. The maximum Gasteiger partial charge on any atom is 0.266 e. The highest BCUT2D eigenvalue weighted by atomic mass is 19.3. The highest BCUT2D eigenvalue weighted by Gasteiger charge is 2.29. The second-order valence-corrected chi connectivity index (χ2v) is 10.4. The van der Waals surface area contributed by atoms with Crippen LogP contribution in [0.2, 0.25) is 0 Å². The number of fused-ring (bicyclic) bond motifs is 1. The van der Waals surface area contributed by atoms with Crippen molar-refractivity contribution in [1.82, 2.24) is 24.8 Å². The van der Waals surface area contributed by atoms with Crippen LogP contribution in [0.4, 0.5) is 24.7 Å². The highest BCUT2D eigenvalue weighted by Crippen LogP contribution is 2.36. The van der Waals surface area contributed by atoms with Gasteiger partial charge in [-0.25, -0.2) is 23.1 Å². The third-order valence-electron chi connectivity index (χ3n) is 7.38. The average Bonchev–Trinajstić information content (AvgIpc) is 2.87. The number of likely N-dealkylation sites (N-methyl/N-ethyl adjacent to an activating group) is 1. The van der Waals surface area contributed by atoms with E-state index in [2.05, 4.69) is 43.8 Å². The summed E-state index contributed by atoms with van der Waals surface area (Å²) in [6.07, 6.45) is -1.44. The van der Waals surface area contributed by atoms with Crippen molar-refractivity contribution in [2.75, 3.05) is 56.5 Å². The number of nitrogens with zero attached hydrogens (tertiary/aromatic N) is 6. The molecule has 204 valence electrons. The van der Waals surface area contributed by atoms with Crippen LogP contribution in [-0.4, -0.2) is 83.2 Å². The minimum atomic E-state index is -2.89. The molecular formula is C27H34F3N7O. The fourth-order valence-corrected chi connectivity index (χ4v) is 5.10. The van der Waals surface area contributed by atoms with Crippen LogP contribution in [0.25, 0.3) is 11.0 Å². The standard InChI is InChI=1S/C27H34F3N7O/c1-16(2)36-8-10-37(11-9-36)22-12-21-25(33-17(3)19-6-5-7-20(23(19)28)24(29)30)31-15-32-26(21)34-27(22)38-18-13-35(4)14-18/h5-7,12,15-18,24H,8-11,13-14H2,1-4H3,(H,31,32,33,34)/t17-/m1/s1. The number of rotatable bonds is 8. The highest BCUT2D eigenvalue weighted by molar-refractivity contribution is 5.90. The molecule has 3 aromatic rings. The lowest BCUT2D eigenvalue weighted by atomic mass is 10.0. The number of benzene rings is 1. The van der Waals surface area contributed by atoms with E-state index in [9.17, 15) is 13.2 Å². The van der Waals surface area contributed by atoms with Crippen molar-refractivity contribution in [3.63, 3.8) is 0 Å². The Morgan fingerprint density at radius 2 is 1.74 bits per heavy atom. The summed E-state index contributed by atoms with van der Waals surface area (Å²) in [7, 11) is 2.05. The zero-order chi connectivity index (χ0) is 27.0. The molecule has 0 spiro atoms. The number of alkyl halides is 2. The molecule has 2 aliphatic heterocycles. The third-order valence-corrected chi connectivity index (χ3v) is 7.38. The summed E-state index contributed by atoms with van der Waals surface area (Å²) in [6, 6.07) is 5.88. The number of nitrogens with one attached hydrogen (secondary N) is 1. The maximum absolute atomic E-state index is 14.8. The van der Waals surface area contributed by atoms with Gasteiger partial charge in [0.2, 0.25) is 5.88 Å². The Balaban J connectivity index is 1.48. The first-order chi connectivity index (χ1) is 18.2. The van der Waals surface area contributed by atoms with Crippen LogP contribution >= 0.6 is 0 Å². The zero-order valence-corrected chi connectivity index (χ0v) is 22.2. The van der Waals surface area contributed by atoms with Crippen LogP contribution in [0.3, 0.4) is 0 Å². The maximum atomic E-state index is 14.8. The fraction of sp³-hybridized carbons (Fsp3) is 0.519. The lowest BCUT2D eigenvalue weighted by molar-refractivity contribution is 0.0360. The third kappa shape index (κ3) is 5.35. The Hall–Kier alpha value is -3.18. The number of ether oxygens (including phenoxy) is 1. The predicted octanol–water partition coefficient (Wildman–Crippen LogP) is 4.50. The second-order valence-electron chi connectivity index (χ2n) is 10.4.